The number of carbonyl (C=O) groups is 1. The molecule has 0 bridgehead atoms. The van der Waals surface area contributed by atoms with Gasteiger partial charge in [0.05, 0.1) is 5.02 Å². The van der Waals surface area contributed by atoms with Crippen LogP contribution in [0.15, 0.2) is 35.5 Å². The average molecular weight is 339 g/mol. The van der Waals surface area contributed by atoms with Crippen molar-refractivity contribution in [2.45, 2.75) is 25.9 Å². The van der Waals surface area contributed by atoms with Gasteiger partial charge >= 0.3 is 0 Å². The second-order valence-corrected chi connectivity index (χ2v) is 6.40. The van der Waals surface area contributed by atoms with Crippen LogP contribution in [0, 0.1) is 11.8 Å². The summed E-state index contributed by atoms with van der Waals surface area (Å²) in [6.45, 7) is 1.65. The number of nitrogens with zero attached hydrogens (tertiary/aromatic N) is 1. The molecular weight excluding hydrogens is 323 g/mol. The van der Waals surface area contributed by atoms with Crippen molar-refractivity contribution in [3.63, 3.8) is 0 Å². The highest BCUT2D eigenvalue weighted by Crippen LogP contribution is 2.40. The minimum absolute atomic E-state index is 0.298. The lowest BCUT2D eigenvalue weighted by Crippen LogP contribution is -2.38. The lowest BCUT2D eigenvalue weighted by molar-refractivity contribution is -0.127. The normalized spacial score (nSPS) is 25.5. The highest BCUT2D eigenvalue weighted by atomic mass is 35.5. The zero-order valence-corrected chi connectivity index (χ0v) is 13.6. The minimum Gasteiger partial charge on any atom is -0.479 e. The molecule has 4 nitrogen and oxygen atoms in total. The Balaban J connectivity index is 1.55. The zero-order chi connectivity index (χ0) is 15.7. The highest BCUT2D eigenvalue weighted by Gasteiger charge is 2.38. The molecule has 22 heavy (non-hydrogen) atoms. The van der Waals surface area contributed by atoms with Gasteiger partial charge in [-0.05, 0) is 43.9 Å². The standard InChI is InChI=1S/C16H16Cl2N2O2/c1-9(22-15-6-5-11(17)8-13(15)18)16(21)20-19-14-7-10-3-2-4-12(10)14/h2-3,5-6,8-10,12H,4,7H2,1H3,(H,20,21)/b19-14+/t9-,10+,12-/m1/s1. The molecular formula is C16H16Cl2N2O2. The molecule has 2 aliphatic rings. The second-order valence-electron chi connectivity index (χ2n) is 5.55. The van der Waals surface area contributed by atoms with Crippen LogP contribution in [0.3, 0.4) is 0 Å². The minimum atomic E-state index is -0.694. The number of allylic oxidation sites excluding steroid dienone is 2. The number of hydrogen-bond acceptors (Lipinski definition) is 3. The van der Waals surface area contributed by atoms with Gasteiger partial charge in [0, 0.05) is 16.7 Å². The number of benzene rings is 1. The van der Waals surface area contributed by atoms with Gasteiger partial charge in [0.1, 0.15) is 5.75 Å². The van der Waals surface area contributed by atoms with E-state index in [-0.39, 0.29) is 5.91 Å². The third-order valence-electron chi connectivity index (χ3n) is 4.04. The summed E-state index contributed by atoms with van der Waals surface area (Å²) in [7, 11) is 0. The number of ether oxygens (including phenoxy) is 1. The Morgan fingerprint density at radius 3 is 3.00 bits per heavy atom. The summed E-state index contributed by atoms with van der Waals surface area (Å²) in [5.74, 6) is 1.21. The number of hydrazone groups is 1. The van der Waals surface area contributed by atoms with E-state index in [0.717, 1.165) is 18.6 Å². The van der Waals surface area contributed by atoms with Gasteiger partial charge in [-0.25, -0.2) is 5.43 Å². The molecule has 6 heteroatoms. The quantitative estimate of drug-likeness (QED) is 0.670. The Morgan fingerprint density at radius 2 is 2.27 bits per heavy atom. The van der Waals surface area contributed by atoms with E-state index in [1.807, 2.05) is 0 Å². The molecule has 2 aliphatic carbocycles. The Morgan fingerprint density at radius 1 is 1.45 bits per heavy atom. The van der Waals surface area contributed by atoms with Crippen molar-refractivity contribution in [2.24, 2.45) is 16.9 Å². The lowest BCUT2D eigenvalue weighted by Gasteiger charge is -2.31. The van der Waals surface area contributed by atoms with Crippen molar-refractivity contribution in [2.75, 3.05) is 0 Å². The number of amides is 1. The van der Waals surface area contributed by atoms with E-state index in [1.54, 1.807) is 25.1 Å². The van der Waals surface area contributed by atoms with E-state index in [0.29, 0.717) is 27.6 Å². The molecule has 1 N–H and O–H groups in total. The third-order valence-corrected chi connectivity index (χ3v) is 4.57. The summed E-state index contributed by atoms with van der Waals surface area (Å²) in [6.07, 6.45) is 5.65. The van der Waals surface area contributed by atoms with Crippen LogP contribution in [0.25, 0.3) is 0 Å². The molecule has 0 heterocycles. The van der Waals surface area contributed by atoms with E-state index in [4.69, 9.17) is 27.9 Å². The Bertz CT molecular complexity index is 658. The molecule has 0 unspecified atom stereocenters. The van der Waals surface area contributed by atoms with Crippen LogP contribution in [-0.4, -0.2) is 17.7 Å². The van der Waals surface area contributed by atoms with Gasteiger partial charge < -0.3 is 4.74 Å². The topological polar surface area (TPSA) is 50.7 Å². The fraction of sp³-hybridized carbons (Fsp3) is 0.375. The van der Waals surface area contributed by atoms with Crippen LogP contribution in [0.4, 0.5) is 0 Å². The van der Waals surface area contributed by atoms with E-state index >= 15 is 0 Å². The SMILES string of the molecule is C[C@@H](Oc1ccc(Cl)cc1Cl)C(=O)N/N=C1\C[C@@H]2C=CC[C@@H]12. The first kappa shape index (κ1) is 15.4. The van der Waals surface area contributed by atoms with Gasteiger partial charge in [0.25, 0.3) is 5.91 Å². The highest BCUT2D eigenvalue weighted by molar-refractivity contribution is 6.35. The molecule has 0 aliphatic heterocycles. The van der Waals surface area contributed by atoms with Gasteiger partial charge in [0.15, 0.2) is 6.10 Å². The molecule has 0 aromatic heterocycles. The van der Waals surface area contributed by atoms with Crippen LogP contribution in [0.1, 0.15) is 19.8 Å². The molecule has 0 saturated heterocycles. The molecule has 0 spiro atoms. The maximum Gasteiger partial charge on any atom is 0.280 e. The third kappa shape index (κ3) is 3.13. The van der Waals surface area contributed by atoms with Crippen molar-refractivity contribution in [3.8, 4) is 5.75 Å². The number of nitrogens with one attached hydrogen (secondary N) is 1. The summed E-state index contributed by atoms with van der Waals surface area (Å²) >= 11 is 11.8. The fourth-order valence-corrected chi connectivity index (χ4v) is 3.15. The van der Waals surface area contributed by atoms with Gasteiger partial charge in [-0.1, -0.05) is 35.4 Å². The van der Waals surface area contributed by atoms with Crippen LogP contribution in [-0.2, 0) is 4.79 Å². The Labute approximate surface area is 139 Å². The largest absolute Gasteiger partial charge is 0.479 e. The number of fused-ring (bicyclic) bond motifs is 1. The lowest BCUT2D eigenvalue weighted by atomic mass is 9.74. The van der Waals surface area contributed by atoms with Crippen molar-refractivity contribution in [1.29, 1.82) is 0 Å². The van der Waals surface area contributed by atoms with E-state index in [2.05, 4.69) is 22.7 Å². The van der Waals surface area contributed by atoms with Crippen LogP contribution >= 0.6 is 23.2 Å². The first-order valence-corrected chi connectivity index (χ1v) is 7.95. The van der Waals surface area contributed by atoms with Crippen molar-refractivity contribution >= 4 is 34.8 Å². The molecule has 3 atom stereocenters. The number of hydrogen-bond donors (Lipinski definition) is 1. The molecule has 1 saturated carbocycles. The van der Waals surface area contributed by atoms with Crippen molar-refractivity contribution in [3.05, 3.63) is 40.4 Å². The fourth-order valence-electron chi connectivity index (χ4n) is 2.70. The smallest absolute Gasteiger partial charge is 0.280 e. The second kappa shape index (κ2) is 6.31. The average Bonchev–Trinajstić information content (AvgIpc) is 2.83. The molecule has 3 rings (SSSR count). The van der Waals surface area contributed by atoms with Gasteiger partial charge in [-0.2, -0.15) is 5.10 Å². The van der Waals surface area contributed by atoms with Crippen molar-refractivity contribution < 1.29 is 9.53 Å². The molecule has 1 fully saturated rings. The molecule has 116 valence electrons. The summed E-state index contributed by atoms with van der Waals surface area (Å²) in [4.78, 5) is 12.0. The first-order valence-electron chi connectivity index (χ1n) is 7.19. The van der Waals surface area contributed by atoms with Crippen LogP contribution < -0.4 is 10.2 Å². The van der Waals surface area contributed by atoms with E-state index in [1.165, 1.54) is 0 Å². The Kier molecular flexibility index (Phi) is 4.41. The van der Waals surface area contributed by atoms with E-state index in [9.17, 15) is 4.79 Å². The number of rotatable bonds is 4. The van der Waals surface area contributed by atoms with Gasteiger partial charge in [-0.3, -0.25) is 4.79 Å². The molecule has 0 radical (unpaired) electrons. The molecule has 1 amide bonds. The maximum atomic E-state index is 12.0. The summed E-state index contributed by atoms with van der Waals surface area (Å²) in [6, 6.07) is 4.88. The molecule has 1 aromatic rings. The van der Waals surface area contributed by atoms with Gasteiger partial charge in [-0.15, -0.1) is 0 Å². The van der Waals surface area contributed by atoms with Crippen LogP contribution in [0.5, 0.6) is 5.75 Å². The van der Waals surface area contributed by atoms with Gasteiger partial charge in [0.2, 0.25) is 0 Å². The number of carbonyl (C=O) groups excluding carboxylic acids is 1. The molecule has 1 aromatic carbocycles. The zero-order valence-electron chi connectivity index (χ0n) is 12.1. The first-order chi connectivity index (χ1) is 10.5. The maximum absolute atomic E-state index is 12.0. The van der Waals surface area contributed by atoms with E-state index < -0.39 is 6.10 Å². The Hall–Kier alpha value is -1.52. The van der Waals surface area contributed by atoms with Crippen LogP contribution in [0.2, 0.25) is 10.0 Å². The number of halogens is 2. The monoisotopic (exact) mass is 338 g/mol. The van der Waals surface area contributed by atoms with Crippen molar-refractivity contribution in [1.82, 2.24) is 5.43 Å². The predicted octanol–water partition coefficient (Wildman–Crippen LogP) is 3.83. The summed E-state index contributed by atoms with van der Waals surface area (Å²) < 4.78 is 5.55. The predicted molar refractivity (Wildman–Crippen MR) is 87.5 cm³/mol. The summed E-state index contributed by atoms with van der Waals surface area (Å²) in [5, 5.41) is 5.11. The summed E-state index contributed by atoms with van der Waals surface area (Å²) in [5.41, 5.74) is 3.63.